The lowest BCUT2D eigenvalue weighted by molar-refractivity contribution is 0.0696. The molecule has 0 spiro atoms. The number of anilines is 1. The van der Waals surface area contributed by atoms with Gasteiger partial charge in [-0.1, -0.05) is 23.7 Å². The van der Waals surface area contributed by atoms with Gasteiger partial charge in [0.15, 0.2) is 0 Å². The molecular weight excluding hydrogens is 296 g/mol. The number of carboxylic acid groups (broad SMARTS) is 1. The van der Waals surface area contributed by atoms with E-state index in [1.165, 1.54) is 18.2 Å². The number of carbonyl (C=O) groups excluding carboxylic acids is 1. The molecule has 0 aliphatic heterocycles. The van der Waals surface area contributed by atoms with Crippen LogP contribution in [0.4, 0.5) is 5.69 Å². The lowest BCUT2D eigenvalue weighted by atomic mass is 10.1. The van der Waals surface area contributed by atoms with Crippen molar-refractivity contribution < 1.29 is 19.2 Å². The highest BCUT2D eigenvalue weighted by atomic mass is 35.5. The molecule has 1 aromatic heterocycles. The van der Waals surface area contributed by atoms with Crippen molar-refractivity contribution in [3.8, 4) is 0 Å². The van der Waals surface area contributed by atoms with E-state index in [1.807, 2.05) is 6.92 Å². The minimum atomic E-state index is -1.12. The third kappa shape index (κ3) is 3.22. The van der Waals surface area contributed by atoms with Gasteiger partial charge in [0.05, 0.1) is 11.3 Å². The first kappa shape index (κ1) is 15.1. The Kier molecular flexibility index (Phi) is 4.28. The number of hydrogen-bond acceptors (Lipinski definition) is 4. The molecule has 110 valence electrons. The van der Waals surface area contributed by atoms with Crippen LogP contribution in [0.3, 0.4) is 0 Å². The van der Waals surface area contributed by atoms with Crippen LogP contribution in [0.1, 0.15) is 39.1 Å². The smallest absolute Gasteiger partial charge is 0.335 e. The second-order valence-electron chi connectivity index (χ2n) is 4.40. The van der Waals surface area contributed by atoms with Crippen LogP contribution in [0, 0.1) is 6.92 Å². The second kappa shape index (κ2) is 5.97. The molecule has 0 aliphatic carbocycles. The van der Waals surface area contributed by atoms with Gasteiger partial charge in [-0.3, -0.25) is 4.79 Å². The van der Waals surface area contributed by atoms with Crippen LogP contribution < -0.4 is 5.32 Å². The Hall–Kier alpha value is -2.34. The van der Waals surface area contributed by atoms with E-state index in [2.05, 4.69) is 10.5 Å². The molecule has 6 nitrogen and oxygen atoms in total. The summed E-state index contributed by atoms with van der Waals surface area (Å²) in [6.45, 7) is 3.50. The van der Waals surface area contributed by atoms with Crippen molar-refractivity contribution in [1.82, 2.24) is 5.16 Å². The zero-order chi connectivity index (χ0) is 15.6. The zero-order valence-corrected chi connectivity index (χ0v) is 12.2. The van der Waals surface area contributed by atoms with Gasteiger partial charge in [-0.2, -0.15) is 0 Å². The van der Waals surface area contributed by atoms with Crippen LogP contribution in [0.5, 0.6) is 0 Å². The van der Waals surface area contributed by atoms with Gasteiger partial charge in [-0.05, 0) is 31.5 Å². The predicted molar refractivity (Wildman–Crippen MR) is 77.0 cm³/mol. The van der Waals surface area contributed by atoms with Crippen LogP contribution in [-0.2, 0) is 6.42 Å². The molecule has 0 radical (unpaired) electrons. The maximum atomic E-state index is 12.3. The highest BCUT2D eigenvalue weighted by molar-refractivity contribution is 6.31. The Bertz CT molecular complexity index is 709. The number of halogens is 1. The third-order valence-corrected chi connectivity index (χ3v) is 3.12. The van der Waals surface area contributed by atoms with E-state index >= 15 is 0 Å². The van der Waals surface area contributed by atoms with E-state index in [-0.39, 0.29) is 10.6 Å². The molecule has 1 heterocycles. The fourth-order valence-electron chi connectivity index (χ4n) is 1.93. The van der Waals surface area contributed by atoms with Gasteiger partial charge in [0.25, 0.3) is 5.91 Å². The number of hydrogen-bond donors (Lipinski definition) is 2. The van der Waals surface area contributed by atoms with E-state index < -0.39 is 11.9 Å². The largest absolute Gasteiger partial charge is 0.478 e. The standard InChI is InChI=1S/C14H13ClN2O4/c1-3-11-12(7(2)21-17-11)13(18)16-10-5-8(14(19)20)4-9(15)6-10/h4-6H,3H2,1-2H3,(H,16,18)(H,19,20). The zero-order valence-electron chi connectivity index (χ0n) is 11.4. The number of carbonyl (C=O) groups is 2. The van der Waals surface area contributed by atoms with Gasteiger partial charge in [-0.25, -0.2) is 4.79 Å². The summed E-state index contributed by atoms with van der Waals surface area (Å²) in [7, 11) is 0. The first-order valence-corrected chi connectivity index (χ1v) is 6.60. The summed E-state index contributed by atoms with van der Waals surface area (Å²) in [5.74, 6) is -1.13. The van der Waals surface area contributed by atoms with Crippen LogP contribution in [0.2, 0.25) is 5.02 Å². The minimum Gasteiger partial charge on any atom is -0.478 e. The van der Waals surface area contributed by atoms with Crippen LogP contribution in [0.15, 0.2) is 22.7 Å². The summed E-state index contributed by atoms with van der Waals surface area (Å²) in [4.78, 5) is 23.2. The molecule has 0 unspecified atom stereocenters. The second-order valence-corrected chi connectivity index (χ2v) is 4.84. The number of aromatic carboxylic acids is 1. The van der Waals surface area contributed by atoms with Crippen molar-refractivity contribution in [2.24, 2.45) is 0 Å². The first-order chi connectivity index (χ1) is 9.92. The summed E-state index contributed by atoms with van der Waals surface area (Å²) in [5.41, 5.74) is 1.20. The van der Waals surface area contributed by atoms with Gasteiger partial charge >= 0.3 is 5.97 Å². The van der Waals surface area contributed by atoms with Crippen molar-refractivity contribution in [3.05, 3.63) is 45.8 Å². The number of rotatable bonds is 4. The summed E-state index contributed by atoms with van der Waals surface area (Å²) in [5, 5.41) is 15.6. The average molecular weight is 309 g/mol. The molecule has 0 saturated carbocycles. The number of nitrogens with one attached hydrogen (secondary N) is 1. The maximum absolute atomic E-state index is 12.3. The Balaban J connectivity index is 2.31. The molecular formula is C14H13ClN2O4. The first-order valence-electron chi connectivity index (χ1n) is 6.22. The Labute approximate surface area is 125 Å². The van der Waals surface area contributed by atoms with E-state index in [0.29, 0.717) is 29.1 Å². The summed E-state index contributed by atoms with van der Waals surface area (Å²) in [6.07, 6.45) is 0.552. The highest BCUT2D eigenvalue weighted by Crippen LogP contribution is 2.21. The van der Waals surface area contributed by atoms with E-state index in [1.54, 1.807) is 6.92 Å². The third-order valence-electron chi connectivity index (χ3n) is 2.90. The quantitative estimate of drug-likeness (QED) is 0.905. The van der Waals surface area contributed by atoms with Crippen LogP contribution in [-0.4, -0.2) is 22.1 Å². The molecule has 2 N–H and O–H groups in total. The normalized spacial score (nSPS) is 10.4. The van der Waals surface area contributed by atoms with Crippen molar-refractivity contribution in [1.29, 1.82) is 0 Å². The van der Waals surface area contributed by atoms with Gasteiger partial charge in [0, 0.05) is 10.7 Å². The highest BCUT2D eigenvalue weighted by Gasteiger charge is 2.19. The number of carboxylic acids is 1. The fraction of sp³-hybridized carbons (Fsp3) is 0.214. The Morgan fingerprint density at radius 3 is 2.71 bits per heavy atom. The molecule has 1 amide bonds. The topological polar surface area (TPSA) is 92.4 Å². The van der Waals surface area contributed by atoms with E-state index in [0.717, 1.165) is 0 Å². The molecule has 0 aliphatic rings. The fourth-order valence-corrected chi connectivity index (χ4v) is 2.16. The molecule has 1 aromatic carbocycles. The van der Waals surface area contributed by atoms with Crippen molar-refractivity contribution in [2.45, 2.75) is 20.3 Å². The molecule has 2 aromatic rings. The maximum Gasteiger partial charge on any atom is 0.335 e. The predicted octanol–water partition coefficient (Wildman–Crippen LogP) is 3.15. The monoisotopic (exact) mass is 308 g/mol. The van der Waals surface area contributed by atoms with Crippen LogP contribution >= 0.6 is 11.6 Å². The van der Waals surface area contributed by atoms with E-state index in [9.17, 15) is 9.59 Å². The SMILES string of the molecule is CCc1noc(C)c1C(=O)Nc1cc(Cl)cc(C(=O)O)c1. The lowest BCUT2D eigenvalue weighted by Gasteiger charge is -2.07. The molecule has 21 heavy (non-hydrogen) atoms. The number of amides is 1. The number of aryl methyl sites for hydroxylation is 2. The molecule has 0 saturated heterocycles. The van der Waals surface area contributed by atoms with Gasteiger partial charge < -0.3 is 14.9 Å². The van der Waals surface area contributed by atoms with Crippen molar-refractivity contribution in [2.75, 3.05) is 5.32 Å². The lowest BCUT2D eigenvalue weighted by Crippen LogP contribution is -2.14. The van der Waals surface area contributed by atoms with Gasteiger partial charge in [-0.15, -0.1) is 0 Å². The molecule has 0 fully saturated rings. The average Bonchev–Trinajstić information content (AvgIpc) is 2.79. The summed E-state index contributed by atoms with van der Waals surface area (Å²) in [6, 6.07) is 4.11. The van der Waals surface area contributed by atoms with Crippen molar-refractivity contribution in [3.63, 3.8) is 0 Å². The van der Waals surface area contributed by atoms with E-state index in [4.69, 9.17) is 21.2 Å². The molecule has 0 atom stereocenters. The Morgan fingerprint density at radius 2 is 2.10 bits per heavy atom. The number of benzene rings is 1. The molecule has 0 bridgehead atoms. The molecule has 7 heteroatoms. The van der Waals surface area contributed by atoms with Gasteiger partial charge in [0.2, 0.25) is 0 Å². The molecule has 2 rings (SSSR count). The minimum absolute atomic E-state index is 0.00412. The number of aromatic nitrogens is 1. The van der Waals surface area contributed by atoms with Gasteiger partial charge in [0.1, 0.15) is 11.3 Å². The summed E-state index contributed by atoms with van der Waals surface area (Å²) < 4.78 is 5.00. The van der Waals surface area contributed by atoms with Crippen LogP contribution in [0.25, 0.3) is 0 Å². The summed E-state index contributed by atoms with van der Waals surface area (Å²) >= 11 is 5.85. The van der Waals surface area contributed by atoms with Crippen molar-refractivity contribution >= 4 is 29.2 Å². The Morgan fingerprint density at radius 1 is 1.38 bits per heavy atom. The number of nitrogens with zero attached hydrogens (tertiary/aromatic N) is 1.